The lowest BCUT2D eigenvalue weighted by Gasteiger charge is -2.15. The predicted octanol–water partition coefficient (Wildman–Crippen LogP) is 4.03. The van der Waals surface area contributed by atoms with Gasteiger partial charge >= 0.3 is 0 Å². The highest BCUT2D eigenvalue weighted by Crippen LogP contribution is 2.23. The van der Waals surface area contributed by atoms with Crippen molar-refractivity contribution < 1.29 is 0 Å². The highest BCUT2D eigenvalue weighted by atomic mass is 32.2. The number of unbranched alkanes of at least 4 members (excludes halogenated alkanes) is 1. The van der Waals surface area contributed by atoms with Crippen molar-refractivity contribution in [2.75, 3.05) is 12.8 Å². The molecule has 94 valence electrons. The molecule has 1 nitrogen and oxygen atoms in total. The Bertz CT molecular complexity index is 335. The van der Waals surface area contributed by atoms with E-state index < -0.39 is 0 Å². The second-order valence-corrected chi connectivity index (χ2v) is 5.34. The Morgan fingerprint density at radius 2 is 2.18 bits per heavy atom. The first-order chi connectivity index (χ1) is 8.27. The second-order valence-electron chi connectivity index (χ2n) is 4.28. The third-order valence-corrected chi connectivity index (χ3v) is 4.24. The molecule has 1 aromatic carbocycles. The van der Waals surface area contributed by atoms with Gasteiger partial charge in [-0.05, 0) is 44.9 Å². The van der Waals surface area contributed by atoms with E-state index in [1.54, 1.807) is 0 Å². The van der Waals surface area contributed by atoms with Gasteiger partial charge in [-0.2, -0.15) is 0 Å². The highest BCUT2D eigenvalue weighted by Gasteiger charge is 2.07. The van der Waals surface area contributed by atoms with Crippen molar-refractivity contribution >= 4 is 11.8 Å². The number of thioether (sulfide) groups is 1. The van der Waals surface area contributed by atoms with Gasteiger partial charge in [0.15, 0.2) is 0 Å². The molecular weight excluding hydrogens is 226 g/mol. The van der Waals surface area contributed by atoms with Crippen LogP contribution in [0.2, 0.25) is 0 Å². The first kappa shape index (κ1) is 14.3. The predicted molar refractivity (Wildman–Crippen MR) is 78.8 cm³/mol. The van der Waals surface area contributed by atoms with Crippen LogP contribution in [0.5, 0.6) is 0 Å². The Hall–Kier alpha value is -0.730. The van der Waals surface area contributed by atoms with E-state index in [-0.39, 0.29) is 0 Å². The van der Waals surface area contributed by atoms with E-state index in [0.29, 0.717) is 6.04 Å². The number of hydrogen-bond donors (Lipinski definition) is 1. The van der Waals surface area contributed by atoms with Crippen LogP contribution in [0.15, 0.2) is 41.8 Å². The minimum absolute atomic E-state index is 0.597. The number of hydrogen-bond acceptors (Lipinski definition) is 2. The van der Waals surface area contributed by atoms with Crippen molar-refractivity contribution in [2.45, 2.75) is 37.1 Å². The maximum atomic E-state index is 3.76. The van der Waals surface area contributed by atoms with Gasteiger partial charge in [0.1, 0.15) is 0 Å². The van der Waals surface area contributed by atoms with Crippen molar-refractivity contribution in [3.8, 4) is 0 Å². The van der Waals surface area contributed by atoms with E-state index in [4.69, 9.17) is 0 Å². The van der Waals surface area contributed by atoms with Crippen LogP contribution < -0.4 is 5.32 Å². The van der Waals surface area contributed by atoms with Crippen molar-refractivity contribution in [2.24, 2.45) is 0 Å². The van der Waals surface area contributed by atoms with Gasteiger partial charge in [-0.1, -0.05) is 24.3 Å². The van der Waals surface area contributed by atoms with E-state index in [2.05, 4.69) is 50.1 Å². The fourth-order valence-corrected chi connectivity index (χ4v) is 2.91. The molecule has 0 aromatic heterocycles. The molecule has 0 aliphatic heterocycles. The molecule has 0 radical (unpaired) electrons. The molecular formula is C15H23NS. The molecule has 1 N–H and O–H groups in total. The average Bonchev–Trinajstić information content (AvgIpc) is 2.35. The number of rotatable bonds is 8. The second kappa shape index (κ2) is 8.37. The Morgan fingerprint density at radius 1 is 1.41 bits per heavy atom. The fourth-order valence-electron chi connectivity index (χ4n) is 1.73. The van der Waals surface area contributed by atoms with Gasteiger partial charge in [0, 0.05) is 16.7 Å². The van der Waals surface area contributed by atoms with Gasteiger partial charge in [-0.3, -0.25) is 0 Å². The van der Waals surface area contributed by atoms with Gasteiger partial charge < -0.3 is 5.32 Å². The van der Waals surface area contributed by atoms with Crippen LogP contribution in [0, 0.1) is 6.92 Å². The monoisotopic (exact) mass is 249 g/mol. The molecule has 0 aliphatic carbocycles. The summed E-state index contributed by atoms with van der Waals surface area (Å²) in [6.45, 7) is 5.94. The Balaban J connectivity index is 2.37. The summed E-state index contributed by atoms with van der Waals surface area (Å²) < 4.78 is 0. The van der Waals surface area contributed by atoms with Crippen LogP contribution in [0.3, 0.4) is 0 Å². The standard InChI is InChI=1S/C15H23NS/c1-4-5-6-10-14(16-3)12-17-15-11-8-7-9-13(15)2/h4,7-9,11,14,16H,1,5-6,10,12H2,2-3H3. The van der Waals surface area contributed by atoms with Gasteiger partial charge in [-0.15, -0.1) is 18.3 Å². The Kier molecular flexibility index (Phi) is 7.06. The lowest BCUT2D eigenvalue weighted by molar-refractivity contribution is 0.552. The molecule has 1 rings (SSSR count). The highest BCUT2D eigenvalue weighted by molar-refractivity contribution is 7.99. The third-order valence-electron chi connectivity index (χ3n) is 2.90. The molecule has 0 spiro atoms. The van der Waals surface area contributed by atoms with Crippen molar-refractivity contribution in [1.29, 1.82) is 0 Å². The maximum Gasteiger partial charge on any atom is 0.0158 e. The Morgan fingerprint density at radius 3 is 2.82 bits per heavy atom. The van der Waals surface area contributed by atoms with E-state index in [1.165, 1.54) is 23.3 Å². The zero-order valence-corrected chi connectivity index (χ0v) is 11.7. The molecule has 0 bridgehead atoms. The summed E-state index contributed by atoms with van der Waals surface area (Å²) in [6.07, 6.45) is 5.57. The van der Waals surface area contributed by atoms with Crippen molar-refractivity contribution in [3.63, 3.8) is 0 Å². The minimum atomic E-state index is 0.597. The molecule has 0 fully saturated rings. The third kappa shape index (κ3) is 5.42. The number of nitrogens with one attached hydrogen (secondary N) is 1. The summed E-state index contributed by atoms with van der Waals surface area (Å²) in [6, 6.07) is 9.19. The molecule has 0 saturated carbocycles. The molecule has 0 aliphatic rings. The molecule has 0 amide bonds. The summed E-state index contributed by atoms with van der Waals surface area (Å²) in [5, 5.41) is 3.40. The largest absolute Gasteiger partial charge is 0.316 e. The first-order valence-corrected chi connectivity index (χ1v) is 7.23. The van der Waals surface area contributed by atoms with Gasteiger partial charge in [0.25, 0.3) is 0 Å². The van der Waals surface area contributed by atoms with Crippen LogP contribution in [0.4, 0.5) is 0 Å². The van der Waals surface area contributed by atoms with Gasteiger partial charge in [0.05, 0.1) is 0 Å². The summed E-state index contributed by atoms with van der Waals surface area (Å²) in [4.78, 5) is 1.40. The topological polar surface area (TPSA) is 12.0 Å². The van der Waals surface area contributed by atoms with Crippen LogP contribution in [-0.4, -0.2) is 18.8 Å². The van der Waals surface area contributed by atoms with Crippen molar-refractivity contribution in [1.82, 2.24) is 5.32 Å². The molecule has 1 atom stereocenters. The van der Waals surface area contributed by atoms with Gasteiger partial charge in [-0.25, -0.2) is 0 Å². The quantitative estimate of drug-likeness (QED) is 0.424. The van der Waals surface area contributed by atoms with Crippen LogP contribution in [0.1, 0.15) is 24.8 Å². The zero-order valence-electron chi connectivity index (χ0n) is 10.9. The van der Waals surface area contributed by atoms with Gasteiger partial charge in [0.2, 0.25) is 0 Å². The number of aryl methyl sites for hydroxylation is 1. The molecule has 1 aromatic rings. The van der Waals surface area contributed by atoms with Crippen LogP contribution in [0.25, 0.3) is 0 Å². The van der Waals surface area contributed by atoms with E-state index in [1.807, 2.05) is 17.8 Å². The van der Waals surface area contributed by atoms with Crippen LogP contribution in [-0.2, 0) is 0 Å². The normalized spacial score (nSPS) is 12.4. The first-order valence-electron chi connectivity index (χ1n) is 6.24. The summed E-state index contributed by atoms with van der Waals surface area (Å²) in [7, 11) is 2.05. The zero-order chi connectivity index (χ0) is 12.5. The van der Waals surface area contributed by atoms with Crippen molar-refractivity contribution in [3.05, 3.63) is 42.5 Å². The van der Waals surface area contributed by atoms with E-state index >= 15 is 0 Å². The fraction of sp³-hybridized carbons (Fsp3) is 0.467. The Labute approximate surface area is 110 Å². The summed E-state index contributed by atoms with van der Waals surface area (Å²) in [5.74, 6) is 1.14. The number of allylic oxidation sites excluding steroid dienone is 1. The van der Waals surface area contributed by atoms with E-state index in [0.717, 1.165) is 12.2 Å². The lowest BCUT2D eigenvalue weighted by Crippen LogP contribution is -2.27. The van der Waals surface area contributed by atoms with E-state index in [9.17, 15) is 0 Å². The molecule has 1 unspecified atom stereocenters. The molecule has 2 heteroatoms. The van der Waals surface area contributed by atoms with Crippen LogP contribution >= 0.6 is 11.8 Å². The minimum Gasteiger partial charge on any atom is -0.316 e. The summed E-state index contributed by atoms with van der Waals surface area (Å²) in [5.41, 5.74) is 1.37. The molecule has 0 heterocycles. The SMILES string of the molecule is C=CCCCC(CSc1ccccc1C)NC. The average molecular weight is 249 g/mol. The molecule has 0 saturated heterocycles. The number of benzene rings is 1. The smallest absolute Gasteiger partial charge is 0.0158 e. The summed E-state index contributed by atoms with van der Waals surface area (Å²) >= 11 is 1.95. The lowest BCUT2D eigenvalue weighted by atomic mass is 10.1. The molecule has 17 heavy (non-hydrogen) atoms. The maximum absolute atomic E-state index is 3.76.